The lowest BCUT2D eigenvalue weighted by molar-refractivity contribution is -0.146. The van der Waals surface area contributed by atoms with Crippen LogP contribution in [0.1, 0.15) is 156 Å². The van der Waals surface area contributed by atoms with Crippen molar-refractivity contribution in [2.75, 3.05) is 6.54 Å². The first-order chi connectivity index (χ1) is 15.2. The number of hydrogen-bond acceptors (Lipinski definition) is 3. The summed E-state index contributed by atoms with van der Waals surface area (Å²) in [5, 5.41) is 13.8. The minimum atomic E-state index is -0.252. The molecule has 0 aromatic rings. The van der Waals surface area contributed by atoms with E-state index in [0.29, 0.717) is 13.0 Å². The lowest BCUT2D eigenvalue weighted by atomic mass is 10.0. The minimum Gasteiger partial charge on any atom is -0.339 e. The number of hydrogen-bond donors (Lipinski definition) is 2. The third kappa shape index (κ3) is 21.0. The van der Waals surface area contributed by atoms with Crippen molar-refractivity contribution in [2.24, 2.45) is 0 Å². The Kier molecular flexibility index (Phi) is 23.6. The maximum Gasteiger partial charge on any atom is 0.221 e. The summed E-state index contributed by atoms with van der Waals surface area (Å²) in [7, 11) is 0. The highest BCUT2D eigenvalue weighted by Crippen LogP contribution is 2.14. The summed E-state index contributed by atoms with van der Waals surface area (Å²) in [6.07, 6.45) is 27.0. The molecule has 1 amide bonds. The Hall–Kier alpha value is -0.610. The Morgan fingerprint density at radius 2 is 1.00 bits per heavy atom. The Balaban J connectivity index is 3.25. The quantitative estimate of drug-likeness (QED) is 0.0900. The molecular formula is C27H56N2O2. The molecule has 1 unspecified atom stereocenters. The van der Waals surface area contributed by atoms with Crippen LogP contribution in [0.25, 0.3) is 0 Å². The second-order valence-electron chi connectivity index (χ2n) is 9.36. The molecule has 31 heavy (non-hydrogen) atoms. The predicted molar refractivity (Wildman–Crippen MR) is 134 cm³/mol. The number of nitrogens with one attached hydrogen (secondary N) is 1. The summed E-state index contributed by atoms with van der Waals surface area (Å²) in [6.45, 7) is 6.67. The van der Waals surface area contributed by atoms with Crippen molar-refractivity contribution >= 4 is 5.91 Å². The van der Waals surface area contributed by atoms with Crippen LogP contribution < -0.4 is 5.32 Å². The summed E-state index contributed by atoms with van der Waals surface area (Å²) < 4.78 is 0. The summed E-state index contributed by atoms with van der Waals surface area (Å²) in [6, 6.07) is 0. The number of amides is 1. The maximum absolute atomic E-state index is 12.0. The van der Waals surface area contributed by atoms with Crippen LogP contribution in [0.4, 0.5) is 0 Å². The Morgan fingerprint density at radius 1 is 0.645 bits per heavy atom. The van der Waals surface area contributed by atoms with Gasteiger partial charge in [0, 0.05) is 13.0 Å². The van der Waals surface area contributed by atoms with Crippen LogP contribution in [-0.4, -0.2) is 28.9 Å². The number of carbonyl (C=O) groups is 1. The van der Waals surface area contributed by atoms with E-state index >= 15 is 0 Å². The molecule has 0 aliphatic carbocycles. The molecule has 0 aromatic carbocycles. The van der Waals surface area contributed by atoms with Gasteiger partial charge in [-0.05, 0) is 12.8 Å². The number of nitrogens with zero attached hydrogens (tertiary/aromatic N) is 1. The van der Waals surface area contributed by atoms with E-state index in [1.54, 1.807) is 0 Å². The van der Waals surface area contributed by atoms with Crippen molar-refractivity contribution in [2.45, 2.75) is 162 Å². The van der Waals surface area contributed by atoms with Gasteiger partial charge in [-0.3, -0.25) is 4.79 Å². The topological polar surface area (TPSA) is 52.6 Å². The highest BCUT2D eigenvalue weighted by molar-refractivity contribution is 5.76. The van der Waals surface area contributed by atoms with E-state index in [4.69, 9.17) is 0 Å². The van der Waals surface area contributed by atoms with E-state index < -0.39 is 0 Å². The summed E-state index contributed by atoms with van der Waals surface area (Å²) in [5.74, 6) is 0.0614. The number of unbranched alkanes of at least 4 members (excludes halogenated alkanes) is 18. The van der Waals surface area contributed by atoms with E-state index in [1.807, 2.05) is 13.8 Å². The highest BCUT2D eigenvalue weighted by Gasteiger charge is 2.14. The SMILES string of the molecule is CCCCCCCCCCCCCCCCCCCCCC(=O)NC(CC)N(O)CC. The van der Waals surface area contributed by atoms with Crippen molar-refractivity contribution in [3.05, 3.63) is 0 Å². The molecule has 0 spiro atoms. The fourth-order valence-corrected chi connectivity index (χ4v) is 4.23. The van der Waals surface area contributed by atoms with Crippen LogP contribution in [0.5, 0.6) is 0 Å². The normalized spacial score (nSPS) is 12.4. The number of rotatable bonds is 24. The molecule has 0 aliphatic rings. The van der Waals surface area contributed by atoms with Gasteiger partial charge in [0.25, 0.3) is 0 Å². The van der Waals surface area contributed by atoms with Gasteiger partial charge in [0.2, 0.25) is 5.91 Å². The number of carbonyl (C=O) groups excluding carboxylic acids is 1. The van der Waals surface area contributed by atoms with Gasteiger partial charge in [-0.15, -0.1) is 0 Å². The van der Waals surface area contributed by atoms with Crippen LogP contribution in [0, 0.1) is 0 Å². The van der Waals surface area contributed by atoms with Gasteiger partial charge in [-0.25, -0.2) is 0 Å². The van der Waals surface area contributed by atoms with Crippen molar-refractivity contribution in [3.63, 3.8) is 0 Å². The fraction of sp³-hybridized carbons (Fsp3) is 0.963. The van der Waals surface area contributed by atoms with E-state index in [0.717, 1.165) is 19.3 Å². The molecule has 4 heteroatoms. The Bertz CT molecular complexity index is 376. The summed E-state index contributed by atoms with van der Waals surface area (Å²) in [5.41, 5.74) is 0. The third-order valence-electron chi connectivity index (χ3n) is 6.41. The molecule has 0 aliphatic heterocycles. The first-order valence-corrected chi connectivity index (χ1v) is 13.9. The van der Waals surface area contributed by atoms with Gasteiger partial charge in [0.15, 0.2) is 0 Å². The summed E-state index contributed by atoms with van der Waals surface area (Å²) >= 11 is 0. The van der Waals surface area contributed by atoms with E-state index in [-0.39, 0.29) is 12.1 Å². The van der Waals surface area contributed by atoms with Crippen molar-refractivity contribution in [3.8, 4) is 0 Å². The van der Waals surface area contributed by atoms with Gasteiger partial charge >= 0.3 is 0 Å². The number of hydroxylamine groups is 2. The third-order valence-corrected chi connectivity index (χ3v) is 6.41. The van der Waals surface area contributed by atoms with Crippen molar-refractivity contribution in [1.29, 1.82) is 0 Å². The van der Waals surface area contributed by atoms with Gasteiger partial charge in [0.05, 0.1) is 0 Å². The Labute approximate surface area is 194 Å². The second-order valence-corrected chi connectivity index (χ2v) is 9.36. The molecule has 0 fully saturated rings. The van der Waals surface area contributed by atoms with Crippen LogP contribution in [0.2, 0.25) is 0 Å². The first-order valence-electron chi connectivity index (χ1n) is 13.9. The molecule has 0 bridgehead atoms. The molecular weight excluding hydrogens is 384 g/mol. The zero-order valence-corrected chi connectivity index (χ0v) is 21.4. The van der Waals surface area contributed by atoms with Gasteiger partial charge < -0.3 is 10.5 Å². The van der Waals surface area contributed by atoms with Crippen molar-refractivity contribution < 1.29 is 10.0 Å². The van der Waals surface area contributed by atoms with Gasteiger partial charge in [-0.1, -0.05) is 136 Å². The van der Waals surface area contributed by atoms with Crippen LogP contribution in [0.3, 0.4) is 0 Å². The van der Waals surface area contributed by atoms with E-state index in [9.17, 15) is 10.0 Å². The fourth-order valence-electron chi connectivity index (χ4n) is 4.23. The van der Waals surface area contributed by atoms with Gasteiger partial charge in [0.1, 0.15) is 6.17 Å². The second kappa shape index (κ2) is 24.0. The lowest BCUT2D eigenvalue weighted by Gasteiger charge is -2.24. The molecule has 186 valence electrons. The zero-order valence-electron chi connectivity index (χ0n) is 21.4. The molecule has 0 rings (SSSR count). The smallest absolute Gasteiger partial charge is 0.221 e. The molecule has 0 aromatic heterocycles. The highest BCUT2D eigenvalue weighted by atomic mass is 16.5. The van der Waals surface area contributed by atoms with Crippen LogP contribution >= 0.6 is 0 Å². The largest absolute Gasteiger partial charge is 0.339 e. The van der Waals surface area contributed by atoms with E-state index in [1.165, 1.54) is 114 Å². The standard InChI is InChI=1S/C27H56N2O2/c1-4-7-8-9-10-11-12-13-14-15-16-17-18-19-20-21-22-23-24-25-27(30)28-26(5-2)29(31)6-3/h26,31H,4-25H2,1-3H3,(H,28,30). The average molecular weight is 441 g/mol. The Morgan fingerprint density at radius 3 is 1.32 bits per heavy atom. The lowest BCUT2D eigenvalue weighted by Crippen LogP contribution is -2.46. The molecule has 2 N–H and O–H groups in total. The summed E-state index contributed by atoms with van der Waals surface area (Å²) in [4.78, 5) is 12.0. The molecule has 0 radical (unpaired) electrons. The van der Waals surface area contributed by atoms with Crippen LogP contribution in [0.15, 0.2) is 0 Å². The first kappa shape index (κ1) is 30.4. The molecule has 1 atom stereocenters. The van der Waals surface area contributed by atoms with Crippen LogP contribution in [-0.2, 0) is 4.79 Å². The maximum atomic E-state index is 12.0. The molecule has 0 heterocycles. The zero-order chi connectivity index (χ0) is 23.0. The average Bonchev–Trinajstić information content (AvgIpc) is 2.78. The minimum absolute atomic E-state index is 0.0614. The monoisotopic (exact) mass is 440 g/mol. The predicted octanol–water partition coefficient (Wildman–Crippen LogP) is 8.37. The molecule has 0 saturated carbocycles. The van der Waals surface area contributed by atoms with E-state index in [2.05, 4.69) is 12.2 Å². The van der Waals surface area contributed by atoms with Gasteiger partial charge in [-0.2, -0.15) is 5.06 Å². The molecule has 4 nitrogen and oxygen atoms in total. The molecule has 0 saturated heterocycles. The van der Waals surface area contributed by atoms with Crippen molar-refractivity contribution in [1.82, 2.24) is 10.4 Å².